The summed E-state index contributed by atoms with van der Waals surface area (Å²) in [7, 11) is 0. The van der Waals surface area contributed by atoms with Crippen molar-refractivity contribution in [2.75, 3.05) is 0 Å². The summed E-state index contributed by atoms with van der Waals surface area (Å²) in [6.07, 6.45) is -6.46. The Labute approximate surface area is 128 Å². The molecule has 0 saturated heterocycles. The minimum atomic E-state index is -4.53. The normalized spacial score (nSPS) is 13.0. The molecule has 2 rings (SSSR count). The molecular formula is C15H10ClF3O3. The Hall–Kier alpha value is -2.05. The number of alkyl halides is 3. The van der Waals surface area contributed by atoms with Crippen molar-refractivity contribution in [3.05, 3.63) is 58.6 Å². The van der Waals surface area contributed by atoms with Crippen molar-refractivity contribution in [1.29, 1.82) is 0 Å². The molecule has 2 aromatic rings. The van der Waals surface area contributed by atoms with Gasteiger partial charge in [-0.05, 0) is 29.3 Å². The largest absolute Gasteiger partial charge is 0.479 e. The second-order valence-electron chi connectivity index (χ2n) is 4.52. The molecule has 0 heterocycles. The molecule has 0 spiro atoms. The van der Waals surface area contributed by atoms with Crippen molar-refractivity contribution in [2.24, 2.45) is 0 Å². The molecule has 0 aromatic heterocycles. The van der Waals surface area contributed by atoms with Crippen LogP contribution in [0.15, 0.2) is 42.5 Å². The third-order valence-corrected chi connectivity index (χ3v) is 3.39. The molecule has 0 saturated carbocycles. The summed E-state index contributed by atoms with van der Waals surface area (Å²) < 4.78 is 38.3. The zero-order valence-corrected chi connectivity index (χ0v) is 11.7. The van der Waals surface area contributed by atoms with Gasteiger partial charge in [0, 0.05) is 10.6 Å². The number of halogens is 4. The van der Waals surface area contributed by atoms with Crippen molar-refractivity contribution in [1.82, 2.24) is 0 Å². The highest BCUT2D eigenvalue weighted by molar-refractivity contribution is 6.32. The van der Waals surface area contributed by atoms with Gasteiger partial charge in [-0.2, -0.15) is 13.2 Å². The van der Waals surface area contributed by atoms with Gasteiger partial charge < -0.3 is 10.2 Å². The number of benzene rings is 2. The van der Waals surface area contributed by atoms with Crippen molar-refractivity contribution >= 4 is 17.6 Å². The van der Waals surface area contributed by atoms with Crippen LogP contribution in [0.25, 0.3) is 11.1 Å². The third-order valence-electron chi connectivity index (χ3n) is 3.06. The molecule has 1 atom stereocenters. The summed E-state index contributed by atoms with van der Waals surface area (Å²) in [6, 6.07) is 8.61. The lowest BCUT2D eigenvalue weighted by molar-refractivity contribution is -0.147. The van der Waals surface area contributed by atoms with E-state index in [9.17, 15) is 23.1 Å². The van der Waals surface area contributed by atoms with Gasteiger partial charge in [0.05, 0.1) is 5.56 Å². The van der Waals surface area contributed by atoms with Crippen LogP contribution in [0.1, 0.15) is 17.2 Å². The quantitative estimate of drug-likeness (QED) is 0.889. The third kappa shape index (κ3) is 3.23. The lowest BCUT2D eigenvalue weighted by Crippen LogP contribution is -2.12. The van der Waals surface area contributed by atoms with Gasteiger partial charge in [-0.15, -0.1) is 0 Å². The first-order valence-corrected chi connectivity index (χ1v) is 6.46. The number of aliphatic hydroxyl groups is 1. The van der Waals surface area contributed by atoms with Gasteiger partial charge in [-0.3, -0.25) is 0 Å². The van der Waals surface area contributed by atoms with Gasteiger partial charge >= 0.3 is 12.1 Å². The fraction of sp³-hybridized carbons (Fsp3) is 0.133. The SMILES string of the molecule is O=C(O)C(O)c1c(Cl)cccc1-c1cccc(C(F)(F)F)c1. The first kappa shape index (κ1) is 16.3. The van der Waals surface area contributed by atoms with Crippen molar-refractivity contribution in [3.8, 4) is 11.1 Å². The van der Waals surface area contributed by atoms with Gasteiger partial charge in [0.1, 0.15) is 0 Å². The van der Waals surface area contributed by atoms with Crippen LogP contribution in [0, 0.1) is 0 Å². The number of hydrogen-bond donors (Lipinski definition) is 2. The van der Waals surface area contributed by atoms with Crippen molar-refractivity contribution in [3.63, 3.8) is 0 Å². The lowest BCUT2D eigenvalue weighted by Gasteiger charge is -2.15. The van der Waals surface area contributed by atoms with Crippen LogP contribution in [0.4, 0.5) is 13.2 Å². The second-order valence-corrected chi connectivity index (χ2v) is 4.93. The molecule has 0 radical (unpaired) electrons. The van der Waals surface area contributed by atoms with E-state index in [0.717, 1.165) is 12.1 Å². The molecule has 0 bridgehead atoms. The van der Waals surface area contributed by atoms with E-state index in [1.807, 2.05) is 0 Å². The molecule has 7 heteroatoms. The Morgan fingerprint density at radius 1 is 1.14 bits per heavy atom. The molecule has 0 aliphatic carbocycles. The fourth-order valence-corrected chi connectivity index (χ4v) is 2.33. The first-order chi connectivity index (χ1) is 10.2. The molecule has 1 unspecified atom stereocenters. The predicted molar refractivity (Wildman–Crippen MR) is 74.5 cm³/mol. The molecule has 0 amide bonds. The maximum atomic E-state index is 12.8. The van der Waals surface area contributed by atoms with E-state index in [2.05, 4.69) is 0 Å². The summed E-state index contributed by atoms with van der Waals surface area (Å²) in [5.74, 6) is -1.54. The topological polar surface area (TPSA) is 57.5 Å². The number of aliphatic hydroxyl groups excluding tert-OH is 1. The Kier molecular flexibility index (Phi) is 4.44. The molecule has 2 N–H and O–H groups in total. The van der Waals surface area contributed by atoms with Crippen LogP contribution < -0.4 is 0 Å². The highest BCUT2D eigenvalue weighted by Crippen LogP contribution is 2.37. The summed E-state index contributed by atoms with van der Waals surface area (Å²) in [4.78, 5) is 11.0. The van der Waals surface area contributed by atoms with E-state index in [1.165, 1.54) is 30.3 Å². The van der Waals surface area contributed by atoms with Crippen molar-refractivity contribution in [2.45, 2.75) is 12.3 Å². The average molecular weight is 331 g/mol. The molecule has 116 valence electrons. The predicted octanol–water partition coefficient (Wildman–Crippen LogP) is 4.14. The van der Waals surface area contributed by atoms with Crippen LogP contribution in [0.2, 0.25) is 5.02 Å². The number of rotatable bonds is 3. The Morgan fingerprint density at radius 2 is 1.77 bits per heavy atom. The fourth-order valence-electron chi connectivity index (χ4n) is 2.05. The Bertz CT molecular complexity index is 713. The first-order valence-electron chi connectivity index (χ1n) is 6.08. The molecule has 22 heavy (non-hydrogen) atoms. The standard InChI is InChI=1S/C15H10ClF3O3/c16-11-6-2-5-10(12(11)13(20)14(21)22)8-3-1-4-9(7-8)15(17,18)19/h1-7,13,20H,(H,21,22). The van der Waals surface area contributed by atoms with Gasteiger partial charge in [-0.25, -0.2) is 4.79 Å². The van der Waals surface area contributed by atoms with Gasteiger partial charge in [0.15, 0.2) is 6.10 Å². The van der Waals surface area contributed by atoms with E-state index >= 15 is 0 Å². The van der Waals surface area contributed by atoms with Gasteiger partial charge in [0.2, 0.25) is 0 Å². The molecule has 0 fully saturated rings. The lowest BCUT2D eigenvalue weighted by atomic mass is 9.95. The minimum absolute atomic E-state index is 0.0372. The maximum Gasteiger partial charge on any atom is 0.416 e. The van der Waals surface area contributed by atoms with Gasteiger partial charge in [0.25, 0.3) is 0 Å². The number of aliphatic carboxylic acids is 1. The average Bonchev–Trinajstić information content (AvgIpc) is 2.45. The van der Waals surface area contributed by atoms with Crippen LogP contribution in [0.3, 0.4) is 0 Å². The minimum Gasteiger partial charge on any atom is -0.479 e. The zero-order chi connectivity index (χ0) is 16.5. The van der Waals surface area contributed by atoms with E-state index in [-0.39, 0.29) is 21.7 Å². The molecule has 3 nitrogen and oxygen atoms in total. The number of carbonyl (C=O) groups is 1. The van der Waals surface area contributed by atoms with Crippen LogP contribution >= 0.6 is 11.6 Å². The van der Waals surface area contributed by atoms with Crippen LogP contribution in [0.5, 0.6) is 0 Å². The molecule has 2 aromatic carbocycles. The highest BCUT2D eigenvalue weighted by atomic mass is 35.5. The smallest absolute Gasteiger partial charge is 0.416 e. The summed E-state index contributed by atoms with van der Waals surface area (Å²) in [5, 5.41) is 18.6. The van der Waals surface area contributed by atoms with Gasteiger partial charge in [-0.1, -0.05) is 35.9 Å². The maximum absolute atomic E-state index is 12.8. The zero-order valence-electron chi connectivity index (χ0n) is 10.9. The van der Waals surface area contributed by atoms with E-state index < -0.39 is 23.8 Å². The summed E-state index contributed by atoms with van der Waals surface area (Å²) >= 11 is 5.90. The number of carboxylic acids is 1. The second kappa shape index (κ2) is 5.98. The number of hydrogen-bond acceptors (Lipinski definition) is 2. The molecule has 0 aliphatic heterocycles. The van der Waals surface area contributed by atoms with E-state index in [4.69, 9.17) is 16.7 Å². The molecular weight excluding hydrogens is 321 g/mol. The van der Waals surface area contributed by atoms with Crippen molar-refractivity contribution < 1.29 is 28.2 Å². The number of carboxylic acid groups (broad SMARTS) is 1. The van der Waals surface area contributed by atoms with E-state index in [1.54, 1.807) is 0 Å². The Balaban J connectivity index is 2.63. The van der Waals surface area contributed by atoms with Crippen LogP contribution in [-0.4, -0.2) is 16.2 Å². The highest BCUT2D eigenvalue weighted by Gasteiger charge is 2.31. The Morgan fingerprint density at radius 3 is 2.36 bits per heavy atom. The summed E-state index contributed by atoms with van der Waals surface area (Å²) in [6.45, 7) is 0. The summed E-state index contributed by atoms with van der Waals surface area (Å²) in [5.41, 5.74) is -0.766. The molecule has 0 aliphatic rings. The van der Waals surface area contributed by atoms with E-state index in [0.29, 0.717) is 0 Å². The van der Waals surface area contributed by atoms with Crippen LogP contribution in [-0.2, 0) is 11.0 Å². The monoisotopic (exact) mass is 330 g/mol.